The van der Waals surface area contributed by atoms with E-state index in [0.717, 1.165) is 25.7 Å². The second-order valence-electron chi connectivity index (χ2n) is 9.99. The Morgan fingerprint density at radius 3 is 1.16 bits per heavy atom. The highest BCUT2D eigenvalue weighted by Gasteiger charge is 2.02. The molecule has 0 spiro atoms. The number of Topliss-reactive ketones (excluding diaryl/α,β-unsaturated/α-hetero) is 1. The van der Waals surface area contributed by atoms with Crippen LogP contribution in [0.5, 0.6) is 0 Å². The topological polar surface area (TPSA) is 17.1 Å². The van der Waals surface area contributed by atoms with Gasteiger partial charge in [-0.2, -0.15) is 0 Å². The summed E-state index contributed by atoms with van der Waals surface area (Å²) in [5.41, 5.74) is 0. The summed E-state index contributed by atoms with van der Waals surface area (Å²) < 4.78 is 0. The number of hydrogen-bond acceptors (Lipinski definition) is 1. The van der Waals surface area contributed by atoms with Gasteiger partial charge in [-0.25, -0.2) is 0 Å². The van der Waals surface area contributed by atoms with Crippen LogP contribution in [0.4, 0.5) is 0 Å². The van der Waals surface area contributed by atoms with E-state index in [4.69, 9.17) is 0 Å². The van der Waals surface area contributed by atoms with Gasteiger partial charge >= 0.3 is 0 Å². The Morgan fingerprint density at radius 2 is 0.774 bits per heavy atom. The molecule has 0 atom stereocenters. The van der Waals surface area contributed by atoms with E-state index in [-0.39, 0.29) is 0 Å². The zero-order chi connectivity index (χ0) is 22.7. The molecule has 0 amide bonds. The molecular formula is C30H59O. The fourth-order valence-electron chi connectivity index (χ4n) is 4.48. The number of carbonyl (C=O) groups is 1. The lowest BCUT2D eigenvalue weighted by atomic mass is 10.0. The average Bonchev–Trinajstić information content (AvgIpc) is 2.77. The highest BCUT2D eigenvalue weighted by molar-refractivity contribution is 5.79. The van der Waals surface area contributed by atoms with Crippen molar-refractivity contribution < 1.29 is 4.79 Å². The molecule has 0 unspecified atom stereocenters. The molecule has 185 valence electrons. The Balaban J connectivity index is 3.13. The van der Waals surface area contributed by atoms with Crippen LogP contribution >= 0.6 is 0 Å². The van der Waals surface area contributed by atoms with Crippen molar-refractivity contribution in [1.82, 2.24) is 0 Å². The molecule has 1 radical (unpaired) electrons. The summed E-state index contributed by atoms with van der Waals surface area (Å²) in [4.78, 5) is 12.0. The van der Waals surface area contributed by atoms with Crippen LogP contribution in [-0.4, -0.2) is 5.78 Å². The molecule has 0 saturated carbocycles. The predicted octanol–water partition coefficient (Wildman–Crippen LogP) is 10.9. The number of rotatable bonds is 27. The number of unbranched alkanes of at least 4 members (excludes halogenated alkanes) is 23. The summed E-state index contributed by atoms with van der Waals surface area (Å²) in [5, 5.41) is 0. The van der Waals surface area contributed by atoms with Crippen LogP contribution in [-0.2, 0) is 4.79 Å². The van der Waals surface area contributed by atoms with E-state index in [1.165, 1.54) is 141 Å². The van der Waals surface area contributed by atoms with Crippen molar-refractivity contribution in [3.63, 3.8) is 0 Å². The molecule has 0 aromatic carbocycles. The maximum absolute atomic E-state index is 12.0. The first-order valence-corrected chi connectivity index (χ1v) is 14.6. The molecule has 31 heavy (non-hydrogen) atoms. The minimum absolute atomic E-state index is 0.467. The molecule has 0 bridgehead atoms. The third kappa shape index (κ3) is 27.6. The first kappa shape index (κ1) is 30.7. The summed E-state index contributed by atoms with van der Waals surface area (Å²) in [7, 11) is 0. The Kier molecular flexibility index (Phi) is 27.4. The van der Waals surface area contributed by atoms with E-state index < -0.39 is 0 Å². The van der Waals surface area contributed by atoms with Crippen molar-refractivity contribution in [2.45, 2.75) is 181 Å². The summed E-state index contributed by atoms with van der Waals surface area (Å²) in [6.45, 7) is 4.57. The van der Waals surface area contributed by atoms with Crippen LogP contribution in [0.2, 0.25) is 0 Å². The first-order valence-electron chi connectivity index (χ1n) is 14.6. The second kappa shape index (κ2) is 27.7. The van der Waals surface area contributed by atoms with E-state index in [0.29, 0.717) is 5.78 Å². The molecular weight excluding hydrogens is 376 g/mol. The van der Waals surface area contributed by atoms with Crippen molar-refractivity contribution in [3.8, 4) is 0 Å². The minimum Gasteiger partial charge on any atom is -0.300 e. The first-order chi connectivity index (χ1) is 15.3. The standard InChI is InChI=1S/C30H59O/c1-3-5-7-9-11-13-15-16-17-19-21-23-25-27-29-30(31)28-26-24-22-20-18-14-12-10-8-6-4-2/h27H,3-26,28-29H2,1-2H3. The lowest BCUT2D eigenvalue weighted by molar-refractivity contribution is -0.118. The van der Waals surface area contributed by atoms with E-state index in [1.54, 1.807) is 0 Å². The third-order valence-corrected chi connectivity index (χ3v) is 6.69. The van der Waals surface area contributed by atoms with Gasteiger partial charge in [0.2, 0.25) is 0 Å². The number of ketones is 1. The zero-order valence-electron chi connectivity index (χ0n) is 21.9. The van der Waals surface area contributed by atoms with Crippen molar-refractivity contribution in [2.24, 2.45) is 0 Å². The molecule has 0 N–H and O–H groups in total. The van der Waals surface area contributed by atoms with Gasteiger partial charge in [0.15, 0.2) is 0 Å². The van der Waals surface area contributed by atoms with E-state index in [2.05, 4.69) is 20.3 Å². The highest BCUT2D eigenvalue weighted by Crippen LogP contribution is 2.15. The van der Waals surface area contributed by atoms with Crippen molar-refractivity contribution >= 4 is 5.78 Å². The third-order valence-electron chi connectivity index (χ3n) is 6.69. The van der Waals surface area contributed by atoms with E-state index in [1.807, 2.05) is 0 Å². The molecule has 0 aliphatic carbocycles. The number of carbonyl (C=O) groups excluding carboxylic acids is 1. The van der Waals surface area contributed by atoms with Gasteiger partial charge in [-0.1, -0.05) is 155 Å². The van der Waals surface area contributed by atoms with Crippen LogP contribution < -0.4 is 0 Å². The van der Waals surface area contributed by atoms with Crippen LogP contribution in [0.15, 0.2) is 0 Å². The molecule has 0 heterocycles. The fraction of sp³-hybridized carbons (Fsp3) is 0.933. The maximum atomic E-state index is 12.0. The fourth-order valence-corrected chi connectivity index (χ4v) is 4.48. The van der Waals surface area contributed by atoms with Crippen molar-refractivity contribution in [3.05, 3.63) is 6.42 Å². The van der Waals surface area contributed by atoms with Gasteiger partial charge < -0.3 is 0 Å². The lowest BCUT2D eigenvalue weighted by Gasteiger charge is -2.04. The van der Waals surface area contributed by atoms with Crippen LogP contribution in [0.25, 0.3) is 0 Å². The molecule has 0 aromatic heterocycles. The van der Waals surface area contributed by atoms with Gasteiger partial charge in [0, 0.05) is 12.8 Å². The molecule has 0 aliphatic rings. The van der Waals surface area contributed by atoms with E-state index in [9.17, 15) is 4.79 Å². The van der Waals surface area contributed by atoms with Gasteiger partial charge in [0.1, 0.15) is 5.78 Å². The quantitative estimate of drug-likeness (QED) is 0.117. The average molecular weight is 436 g/mol. The summed E-state index contributed by atoms with van der Waals surface area (Å²) in [5.74, 6) is 0.467. The zero-order valence-corrected chi connectivity index (χ0v) is 21.9. The molecule has 0 aliphatic heterocycles. The lowest BCUT2D eigenvalue weighted by Crippen LogP contribution is -1.98. The Morgan fingerprint density at radius 1 is 0.452 bits per heavy atom. The SMILES string of the molecule is CCCCCCCCCCCCCC[CH]CC(=O)CCCCCCCCCCCCC. The second-order valence-corrected chi connectivity index (χ2v) is 9.99. The molecule has 0 saturated heterocycles. The van der Waals surface area contributed by atoms with Gasteiger partial charge in [0.25, 0.3) is 0 Å². The molecule has 0 fully saturated rings. The molecule has 1 heteroatoms. The van der Waals surface area contributed by atoms with Crippen LogP contribution in [0.3, 0.4) is 0 Å². The molecule has 0 rings (SSSR count). The van der Waals surface area contributed by atoms with Gasteiger partial charge in [0.05, 0.1) is 0 Å². The van der Waals surface area contributed by atoms with Gasteiger partial charge in [-0.15, -0.1) is 0 Å². The smallest absolute Gasteiger partial charge is 0.133 e. The van der Waals surface area contributed by atoms with Crippen LogP contribution in [0.1, 0.15) is 181 Å². The maximum Gasteiger partial charge on any atom is 0.133 e. The van der Waals surface area contributed by atoms with Gasteiger partial charge in [-0.05, 0) is 19.3 Å². The summed E-state index contributed by atoms with van der Waals surface area (Å²) >= 11 is 0. The Bertz CT molecular complexity index is 335. The van der Waals surface area contributed by atoms with Gasteiger partial charge in [-0.3, -0.25) is 4.79 Å². The minimum atomic E-state index is 0.467. The Hall–Kier alpha value is -0.330. The monoisotopic (exact) mass is 435 g/mol. The summed E-state index contributed by atoms with van der Waals surface area (Å²) in [6.07, 6.45) is 36.6. The number of hydrogen-bond donors (Lipinski definition) is 0. The summed E-state index contributed by atoms with van der Waals surface area (Å²) in [6, 6.07) is 0. The highest BCUT2D eigenvalue weighted by atomic mass is 16.1. The van der Waals surface area contributed by atoms with Crippen molar-refractivity contribution in [1.29, 1.82) is 0 Å². The largest absolute Gasteiger partial charge is 0.300 e. The normalized spacial score (nSPS) is 11.3. The Labute approximate surface area is 197 Å². The van der Waals surface area contributed by atoms with Crippen molar-refractivity contribution in [2.75, 3.05) is 0 Å². The predicted molar refractivity (Wildman–Crippen MR) is 141 cm³/mol. The van der Waals surface area contributed by atoms with E-state index >= 15 is 0 Å². The molecule has 0 aromatic rings. The molecule has 1 nitrogen and oxygen atoms in total. The van der Waals surface area contributed by atoms with Crippen LogP contribution in [0, 0.1) is 6.42 Å².